The number of carbonyl (C=O) groups excluding carboxylic acids is 1. The quantitative estimate of drug-likeness (QED) is 0.459. The Bertz CT molecular complexity index is 511. The number of benzene rings is 1. The first kappa shape index (κ1) is 15.4. The molecule has 0 spiro atoms. The van der Waals surface area contributed by atoms with E-state index in [1.807, 2.05) is 54.6 Å². The fourth-order valence-electron chi connectivity index (χ4n) is 1.65. The molecule has 96 valence electrons. The van der Waals surface area contributed by atoms with Crippen molar-refractivity contribution in [1.82, 2.24) is 0 Å². The van der Waals surface area contributed by atoms with E-state index in [0.717, 1.165) is 18.4 Å². The molecule has 0 heterocycles. The van der Waals surface area contributed by atoms with Crippen LogP contribution in [0.4, 0.5) is 0 Å². The van der Waals surface area contributed by atoms with Gasteiger partial charge in [0.1, 0.15) is 0 Å². The Labute approximate surface area is 124 Å². The van der Waals surface area contributed by atoms with E-state index in [9.17, 15) is 4.79 Å². The van der Waals surface area contributed by atoms with Crippen LogP contribution in [0.5, 0.6) is 0 Å². The number of hydrogen-bond acceptors (Lipinski definition) is 1. The molecule has 0 saturated heterocycles. The Morgan fingerprint density at radius 1 is 1.05 bits per heavy atom. The summed E-state index contributed by atoms with van der Waals surface area (Å²) in [5.41, 5.74) is 1.42. The maximum absolute atomic E-state index is 11.7. The number of carbonyl (C=O) groups is 1. The summed E-state index contributed by atoms with van der Waals surface area (Å²) >= 11 is 0. The summed E-state index contributed by atoms with van der Waals surface area (Å²) in [7, 11) is 0. The van der Waals surface area contributed by atoms with Crippen LogP contribution in [-0.2, 0) is 17.1 Å². The van der Waals surface area contributed by atoms with E-state index in [1.165, 1.54) is 0 Å². The second-order valence-electron chi connectivity index (χ2n) is 3.90. The van der Waals surface area contributed by atoms with Crippen molar-refractivity contribution in [1.29, 1.82) is 0 Å². The van der Waals surface area contributed by atoms with Gasteiger partial charge >= 0.3 is 17.1 Å². The van der Waals surface area contributed by atoms with Crippen molar-refractivity contribution in [2.75, 3.05) is 0 Å². The van der Waals surface area contributed by atoms with Crippen LogP contribution < -0.4 is 0 Å². The molecule has 0 saturated carbocycles. The van der Waals surface area contributed by atoms with Gasteiger partial charge in [-0.25, -0.2) is 12.2 Å². The molecule has 1 aromatic rings. The Hall–Kier alpha value is -1.63. The van der Waals surface area contributed by atoms with Crippen molar-refractivity contribution < 1.29 is 21.9 Å². The molecular formula is C17H14FeO. The molecule has 0 unspecified atom stereocenters. The molecule has 0 radical (unpaired) electrons. The van der Waals surface area contributed by atoms with E-state index in [2.05, 4.69) is 18.2 Å². The van der Waals surface area contributed by atoms with Gasteiger partial charge in [-0.05, 0) is 5.56 Å². The molecule has 2 heteroatoms. The standard InChI is InChI=1S/C12H9O.C5H5.Fe/c13-12(11-8-4-5-9-11)10-6-2-1-3-7-10;1-2-4-5-3-1;/h1-4,6-8H,5H2;1-3H,4H2;/q2*-1;+2. The van der Waals surface area contributed by atoms with Gasteiger partial charge < -0.3 is 4.79 Å². The molecule has 0 N–H and O–H groups in total. The molecule has 0 aromatic heterocycles. The zero-order valence-electron chi connectivity index (χ0n) is 10.4. The first-order valence-corrected chi connectivity index (χ1v) is 5.97. The van der Waals surface area contributed by atoms with Gasteiger partial charge in [0.2, 0.25) is 0 Å². The van der Waals surface area contributed by atoms with E-state index in [1.54, 1.807) is 0 Å². The summed E-state index contributed by atoms with van der Waals surface area (Å²) in [6.07, 6.45) is 17.5. The number of rotatable bonds is 2. The van der Waals surface area contributed by atoms with Crippen molar-refractivity contribution in [3.05, 3.63) is 84.0 Å². The molecule has 0 fully saturated rings. The van der Waals surface area contributed by atoms with E-state index in [4.69, 9.17) is 0 Å². The van der Waals surface area contributed by atoms with Crippen LogP contribution in [0, 0.1) is 12.2 Å². The van der Waals surface area contributed by atoms with E-state index in [-0.39, 0.29) is 22.9 Å². The van der Waals surface area contributed by atoms with E-state index < -0.39 is 0 Å². The predicted octanol–water partition coefficient (Wildman–Crippen LogP) is 3.86. The fourth-order valence-corrected chi connectivity index (χ4v) is 1.65. The van der Waals surface area contributed by atoms with Crippen molar-refractivity contribution >= 4 is 5.78 Å². The van der Waals surface area contributed by atoms with Gasteiger partial charge in [-0.15, -0.1) is 18.1 Å². The Morgan fingerprint density at radius 2 is 1.84 bits per heavy atom. The largest absolute Gasteiger partial charge is 2.00 e. The summed E-state index contributed by atoms with van der Waals surface area (Å²) in [5, 5.41) is 0. The van der Waals surface area contributed by atoms with Crippen molar-refractivity contribution in [3.63, 3.8) is 0 Å². The maximum Gasteiger partial charge on any atom is 2.00 e. The van der Waals surface area contributed by atoms with Gasteiger partial charge in [-0.3, -0.25) is 6.08 Å². The molecule has 2 aliphatic rings. The Balaban J connectivity index is 0.000000256. The SMILES string of the molecule is O=C(C1=[C-]CC=C1)c1ccccc1.[C-]1=CC=CC1.[Fe+2]. The zero-order valence-corrected chi connectivity index (χ0v) is 11.6. The number of hydrogen-bond donors (Lipinski definition) is 0. The molecule has 3 rings (SSSR count). The van der Waals surface area contributed by atoms with Gasteiger partial charge in [0.15, 0.2) is 0 Å². The van der Waals surface area contributed by atoms with Gasteiger partial charge in [0.05, 0.1) is 5.78 Å². The van der Waals surface area contributed by atoms with Gasteiger partial charge in [0, 0.05) is 0 Å². The molecule has 0 amide bonds. The summed E-state index contributed by atoms with van der Waals surface area (Å²) in [6, 6.07) is 9.28. The van der Waals surface area contributed by atoms with Crippen LogP contribution in [-0.4, -0.2) is 5.78 Å². The molecule has 0 atom stereocenters. The smallest absolute Gasteiger partial charge is 0.365 e. The predicted molar refractivity (Wildman–Crippen MR) is 72.9 cm³/mol. The van der Waals surface area contributed by atoms with Gasteiger partial charge in [-0.1, -0.05) is 36.8 Å². The second kappa shape index (κ2) is 8.47. The average Bonchev–Trinajstić information content (AvgIpc) is 3.14. The van der Waals surface area contributed by atoms with E-state index >= 15 is 0 Å². The minimum Gasteiger partial charge on any atom is -0.365 e. The maximum atomic E-state index is 11.7. The van der Waals surface area contributed by atoms with Crippen molar-refractivity contribution in [3.8, 4) is 0 Å². The molecular weight excluding hydrogens is 276 g/mol. The third-order valence-corrected chi connectivity index (χ3v) is 2.56. The van der Waals surface area contributed by atoms with Crippen molar-refractivity contribution in [2.45, 2.75) is 12.8 Å². The topological polar surface area (TPSA) is 17.1 Å². The molecule has 19 heavy (non-hydrogen) atoms. The first-order chi connectivity index (χ1) is 8.88. The third kappa shape index (κ3) is 4.86. The molecule has 1 nitrogen and oxygen atoms in total. The Morgan fingerprint density at radius 3 is 2.32 bits per heavy atom. The van der Waals surface area contributed by atoms with Crippen molar-refractivity contribution in [2.24, 2.45) is 0 Å². The average molecular weight is 290 g/mol. The second-order valence-corrected chi connectivity index (χ2v) is 3.90. The molecule has 2 aliphatic carbocycles. The van der Waals surface area contributed by atoms with Crippen LogP contribution in [0.15, 0.2) is 66.3 Å². The summed E-state index contributed by atoms with van der Waals surface area (Å²) < 4.78 is 0. The monoisotopic (exact) mass is 290 g/mol. The summed E-state index contributed by atoms with van der Waals surface area (Å²) in [4.78, 5) is 11.7. The number of allylic oxidation sites excluding steroid dienone is 8. The first-order valence-electron chi connectivity index (χ1n) is 5.97. The van der Waals surface area contributed by atoms with Crippen LogP contribution >= 0.6 is 0 Å². The van der Waals surface area contributed by atoms with Gasteiger partial charge in [-0.2, -0.15) is 18.2 Å². The molecule has 0 aliphatic heterocycles. The van der Waals surface area contributed by atoms with E-state index in [0.29, 0.717) is 5.57 Å². The summed E-state index contributed by atoms with van der Waals surface area (Å²) in [6.45, 7) is 0. The van der Waals surface area contributed by atoms with Crippen LogP contribution in [0.1, 0.15) is 23.2 Å². The van der Waals surface area contributed by atoms with Crippen LogP contribution in [0.3, 0.4) is 0 Å². The number of ketones is 1. The van der Waals surface area contributed by atoms with Crippen LogP contribution in [0.25, 0.3) is 0 Å². The normalized spacial score (nSPS) is 14.4. The molecule has 1 aromatic carbocycles. The molecule has 0 bridgehead atoms. The summed E-state index contributed by atoms with van der Waals surface area (Å²) in [5.74, 6) is 0.0642. The third-order valence-electron chi connectivity index (χ3n) is 2.56. The minimum atomic E-state index is 0. The van der Waals surface area contributed by atoms with Gasteiger partial charge in [0.25, 0.3) is 0 Å². The minimum absolute atomic E-state index is 0. The number of Topliss-reactive ketones (excluding diaryl/α,β-unsaturated/α-hetero) is 1. The van der Waals surface area contributed by atoms with Crippen LogP contribution in [0.2, 0.25) is 0 Å². The zero-order chi connectivity index (χ0) is 12.6. The fraction of sp³-hybridized carbons (Fsp3) is 0.118. The Kier molecular flexibility index (Phi) is 6.88.